The van der Waals surface area contributed by atoms with E-state index < -0.39 is 0 Å². The summed E-state index contributed by atoms with van der Waals surface area (Å²) >= 11 is 0. The molecule has 0 bridgehead atoms. The third-order valence-electron chi connectivity index (χ3n) is 3.75. The Kier molecular flexibility index (Phi) is 6.28. The van der Waals surface area contributed by atoms with Crippen molar-refractivity contribution in [3.05, 3.63) is 28.7 Å². The highest BCUT2D eigenvalue weighted by Gasteiger charge is 2.25. The Morgan fingerprint density at radius 3 is 3.00 bits per heavy atom. The van der Waals surface area contributed by atoms with Crippen LogP contribution < -0.4 is 16.2 Å². The van der Waals surface area contributed by atoms with Crippen LogP contribution in [0, 0.1) is 0 Å². The molecule has 23 heavy (non-hydrogen) atoms. The van der Waals surface area contributed by atoms with Crippen LogP contribution in [0.3, 0.4) is 0 Å². The van der Waals surface area contributed by atoms with Gasteiger partial charge in [-0.1, -0.05) is 13.3 Å². The van der Waals surface area contributed by atoms with Gasteiger partial charge in [0.05, 0.1) is 13.2 Å². The van der Waals surface area contributed by atoms with E-state index in [4.69, 9.17) is 0 Å². The van der Waals surface area contributed by atoms with E-state index in [9.17, 15) is 14.4 Å². The lowest BCUT2D eigenvalue weighted by molar-refractivity contribution is -0.139. The van der Waals surface area contributed by atoms with Crippen molar-refractivity contribution < 1.29 is 9.59 Å². The van der Waals surface area contributed by atoms with Crippen LogP contribution in [-0.2, 0) is 16.1 Å². The van der Waals surface area contributed by atoms with Gasteiger partial charge >= 0.3 is 0 Å². The molecule has 2 N–H and O–H groups in total. The number of amides is 2. The Bertz CT molecular complexity index is 601. The van der Waals surface area contributed by atoms with Gasteiger partial charge in [-0.05, 0) is 12.5 Å². The van der Waals surface area contributed by atoms with Gasteiger partial charge in [0.25, 0.3) is 5.56 Å². The lowest BCUT2D eigenvalue weighted by atomic mass is 10.1. The standard InChI is InChI=1S/C15H23N5O3/c1-2-4-12-9-15(23)19(11-17-12)10-13(21)16-7-8-20-14(22)5-3-6-18-20/h3,5-6,12,17H,2,4,7-11H2,1H3,(H,16,21). The summed E-state index contributed by atoms with van der Waals surface area (Å²) in [7, 11) is 0. The summed E-state index contributed by atoms with van der Waals surface area (Å²) < 4.78 is 1.28. The number of hydrogen-bond acceptors (Lipinski definition) is 5. The fourth-order valence-electron chi connectivity index (χ4n) is 2.52. The van der Waals surface area contributed by atoms with Crippen LogP contribution in [0.4, 0.5) is 0 Å². The molecular weight excluding hydrogens is 298 g/mol. The molecule has 1 aromatic heterocycles. The van der Waals surface area contributed by atoms with E-state index in [-0.39, 0.29) is 30.0 Å². The van der Waals surface area contributed by atoms with Gasteiger partial charge in [0.1, 0.15) is 6.54 Å². The number of carbonyl (C=O) groups is 2. The summed E-state index contributed by atoms with van der Waals surface area (Å²) in [6.45, 7) is 3.11. The molecule has 1 unspecified atom stereocenters. The van der Waals surface area contributed by atoms with Gasteiger partial charge in [-0.2, -0.15) is 5.10 Å². The maximum atomic E-state index is 12.0. The zero-order valence-electron chi connectivity index (χ0n) is 13.3. The molecule has 0 aliphatic carbocycles. The van der Waals surface area contributed by atoms with E-state index in [2.05, 4.69) is 22.7 Å². The van der Waals surface area contributed by atoms with Gasteiger partial charge < -0.3 is 10.2 Å². The van der Waals surface area contributed by atoms with Gasteiger partial charge in [-0.15, -0.1) is 0 Å². The minimum absolute atomic E-state index is 0.00158. The van der Waals surface area contributed by atoms with Crippen LogP contribution in [0.5, 0.6) is 0 Å². The summed E-state index contributed by atoms with van der Waals surface area (Å²) in [6.07, 6.45) is 3.95. The van der Waals surface area contributed by atoms with Crippen LogP contribution in [-0.4, -0.2) is 52.3 Å². The van der Waals surface area contributed by atoms with E-state index in [1.165, 1.54) is 21.8 Å². The third kappa shape index (κ3) is 5.17. The zero-order valence-corrected chi connectivity index (χ0v) is 13.3. The van der Waals surface area contributed by atoms with Crippen LogP contribution in [0.25, 0.3) is 0 Å². The van der Waals surface area contributed by atoms with Gasteiger partial charge in [0.2, 0.25) is 11.8 Å². The molecular formula is C15H23N5O3. The van der Waals surface area contributed by atoms with Crippen molar-refractivity contribution in [3.8, 4) is 0 Å². The number of nitrogens with zero attached hydrogens (tertiary/aromatic N) is 3. The van der Waals surface area contributed by atoms with E-state index in [1.54, 1.807) is 6.07 Å². The third-order valence-corrected chi connectivity index (χ3v) is 3.75. The molecule has 1 aliphatic heterocycles. The van der Waals surface area contributed by atoms with Crippen molar-refractivity contribution in [1.82, 2.24) is 25.3 Å². The Balaban J connectivity index is 1.72. The quantitative estimate of drug-likeness (QED) is 0.693. The molecule has 2 heterocycles. The molecule has 1 saturated heterocycles. The first-order valence-corrected chi connectivity index (χ1v) is 7.90. The maximum Gasteiger partial charge on any atom is 0.266 e. The second kappa shape index (κ2) is 8.42. The number of hydrogen-bond donors (Lipinski definition) is 2. The highest BCUT2D eigenvalue weighted by atomic mass is 16.2. The molecule has 8 heteroatoms. The molecule has 0 spiro atoms. The highest BCUT2D eigenvalue weighted by Crippen LogP contribution is 2.09. The van der Waals surface area contributed by atoms with Crippen molar-refractivity contribution in [1.29, 1.82) is 0 Å². The first kappa shape index (κ1) is 17.1. The van der Waals surface area contributed by atoms with Crippen LogP contribution >= 0.6 is 0 Å². The Morgan fingerprint density at radius 1 is 1.48 bits per heavy atom. The van der Waals surface area contributed by atoms with Crippen LogP contribution in [0.15, 0.2) is 23.1 Å². The fourth-order valence-corrected chi connectivity index (χ4v) is 2.52. The smallest absolute Gasteiger partial charge is 0.266 e. The molecule has 0 aromatic carbocycles. The number of carbonyl (C=O) groups excluding carboxylic acids is 2. The summed E-state index contributed by atoms with van der Waals surface area (Å²) in [5, 5.41) is 9.87. The molecule has 2 rings (SSSR count). The second-order valence-electron chi connectivity index (χ2n) is 5.58. The molecule has 126 valence electrons. The van der Waals surface area contributed by atoms with E-state index >= 15 is 0 Å². The first-order valence-electron chi connectivity index (χ1n) is 7.90. The van der Waals surface area contributed by atoms with Crippen molar-refractivity contribution >= 4 is 11.8 Å². The number of aromatic nitrogens is 2. The fraction of sp³-hybridized carbons (Fsp3) is 0.600. The first-order chi connectivity index (χ1) is 11.1. The monoisotopic (exact) mass is 321 g/mol. The second-order valence-corrected chi connectivity index (χ2v) is 5.58. The lowest BCUT2D eigenvalue weighted by Gasteiger charge is -2.32. The molecule has 0 radical (unpaired) electrons. The average Bonchev–Trinajstić information content (AvgIpc) is 2.52. The number of nitrogens with one attached hydrogen (secondary N) is 2. The molecule has 0 saturated carbocycles. The largest absolute Gasteiger partial charge is 0.353 e. The normalized spacial score (nSPS) is 18.0. The van der Waals surface area contributed by atoms with Crippen molar-refractivity contribution in [2.45, 2.75) is 38.8 Å². The van der Waals surface area contributed by atoms with Crippen molar-refractivity contribution in [2.24, 2.45) is 0 Å². The zero-order chi connectivity index (χ0) is 16.7. The van der Waals surface area contributed by atoms with E-state index in [1.807, 2.05) is 0 Å². The lowest BCUT2D eigenvalue weighted by Crippen LogP contribution is -2.53. The Hall–Kier alpha value is -2.22. The van der Waals surface area contributed by atoms with Crippen molar-refractivity contribution in [3.63, 3.8) is 0 Å². The number of rotatable bonds is 7. The predicted octanol–water partition coefficient (Wildman–Crippen LogP) is -0.692. The maximum absolute atomic E-state index is 12.0. The molecule has 2 amide bonds. The van der Waals surface area contributed by atoms with Gasteiger partial charge in [0, 0.05) is 31.3 Å². The van der Waals surface area contributed by atoms with Gasteiger partial charge in [0.15, 0.2) is 0 Å². The van der Waals surface area contributed by atoms with Gasteiger partial charge in [-0.3, -0.25) is 19.7 Å². The van der Waals surface area contributed by atoms with Crippen molar-refractivity contribution in [2.75, 3.05) is 19.8 Å². The van der Waals surface area contributed by atoms with E-state index in [0.717, 1.165) is 12.8 Å². The average molecular weight is 321 g/mol. The highest BCUT2D eigenvalue weighted by molar-refractivity contribution is 5.85. The summed E-state index contributed by atoms with van der Waals surface area (Å²) in [4.78, 5) is 36.9. The SMILES string of the molecule is CCCC1CC(=O)N(CC(=O)NCCn2ncccc2=O)CN1. The minimum atomic E-state index is -0.238. The minimum Gasteiger partial charge on any atom is -0.353 e. The molecule has 1 fully saturated rings. The Labute approximate surface area is 134 Å². The van der Waals surface area contributed by atoms with Crippen LogP contribution in [0.2, 0.25) is 0 Å². The summed E-state index contributed by atoms with van der Waals surface area (Å²) in [5.41, 5.74) is -0.209. The predicted molar refractivity (Wildman–Crippen MR) is 84.5 cm³/mol. The van der Waals surface area contributed by atoms with Crippen LogP contribution in [0.1, 0.15) is 26.2 Å². The summed E-state index contributed by atoms with van der Waals surface area (Å²) in [5.74, 6) is -0.239. The topological polar surface area (TPSA) is 96.3 Å². The molecule has 1 aromatic rings. The molecule has 8 nitrogen and oxygen atoms in total. The van der Waals surface area contributed by atoms with Gasteiger partial charge in [-0.25, -0.2) is 4.68 Å². The molecule has 1 aliphatic rings. The van der Waals surface area contributed by atoms with E-state index in [0.29, 0.717) is 26.2 Å². The molecule has 1 atom stereocenters. The summed E-state index contributed by atoms with van der Waals surface area (Å²) in [6, 6.07) is 3.19. The Morgan fingerprint density at radius 2 is 2.30 bits per heavy atom.